The number of fused-ring (bicyclic) bond motifs is 1. The average molecular weight is 441 g/mol. The van der Waals surface area contributed by atoms with Gasteiger partial charge in [0.05, 0.1) is 20.3 Å². The zero-order valence-electron chi connectivity index (χ0n) is 20.9. The van der Waals surface area contributed by atoms with Crippen molar-refractivity contribution in [2.24, 2.45) is 0 Å². The molecule has 5 heteroatoms. The summed E-state index contributed by atoms with van der Waals surface area (Å²) in [4.78, 5) is 2.36. The molecule has 1 aliphatic heterocycles. The van der Waals surface area contributed by atoms with Crippen LogP contribution >= 0.6 is 0 Å². The molecule has 0 saturated carbocycles. The Balaban J connectivity index is 1.98. The zero-order valence-corrected chi connectivity index (χ0v) is 20.9. The minimum absolute atomic E-state index is 0.0482. The summed E-state index contributed by atoms with van der Waals surface area (Å²) in [6, 6.07) is 10.9. The first-order valence-corrected chi connectivity index (χ1v) is 11.8. The summed E-state index contributed by atoms with van der Waals surface area (Å²) >= 11 is 0. The Labute approximate surface area is 194 Å². The number of hydrogen-bond acceptors (Lipinski definition) is 5. The monoisotopic (exact) mass is 440 g/mol. The van der Waals surface area contributed by atoms with Gasteiger partial charge in [-0.25, -0.2) is 0 Å². The molecule has 1 N–H and O–H groups in total. The van der Waals surface area contributed by atoms with E-state index in [1.165, 1.54) is 22.3 Å². The molecular weight excluding hydrogens is 400 g/mol. The number of methoxy groups -OCH3 is 2. The van der Waals surface area contributed by atoms with Crippen LogP contribution in [0.25, 0.3) is 0 Å². The maximum absolute atomic E-state index is 6.22. The molecule has 1 heterocycles. The fourth-order valence-electron chi connectivity index (χ4n) is 4.36. The first-order chi connectivity index (χ1) is 15.3. The molecule has 0 spiro atoms. The number of likely N-dealkylation sites (N-methyl/N-ethyl adjacent to an activating group) is 1. The number of rotatable bonds is 9. The van der Waals surface area contributed by atoms with E-state index >= 15 is 0 Å². The summed E-state index contributed by atoms with van der Waals surface area (Å²) < 4.78 is 17.7. The molecule has 0 radical (unpaired) electrons. The van der Waals surface area contributed by atoms with Crippen molar-refractivity contribution in [2.75, 3.05) is 47.0 Å². The lowest BCUT2D eigenvalue weighted by molar-refractivity contribution is 0.217. The molecule has 2 aromatic rings. The van der Waals surface area contributed by atoms with Gasteiger partial charge < -0.3 is 24.4 Å². The highest BCUT2D eigenvalue weighted by atomic mass is 16.5. The molecule has 0 aromatic heterocycles. The third-order valence-corrected chi connectivity index (χ3v) is 6.45. The molecule has 1 unspecified atom stereocenters. The third kappa shape index (κ3) is 5.38. The number of benzene rings is 2. The summed E-state index contributed by atoms with van der Waals surface area (Å²) in [5.74, 6) is 2.51. The predicted molar refractivity (Wildman–Crippen MR) is 132 cm³/mol. The van der Waals surface area contributed by atoms with Gasteiger partial charge in [-0.15, -0.1) is 0 Å². The van der Waals surface area contributed by atoms with Gasteiger partial charge in [-0.05, 0) is 65.9 Å². The van der Waals surface area contributed by atoms with Crippen LogP contribution in [0.3, 0.4) is 0 Å². The lowest BCUT2D eigenvalue weighted by atomic mass is 9.83. The molecule has 0 bridgehead atoms. The van der Waals surface area contributed by atoms with E-state index in [4.69, 9.17) is 14.2 Å². The second kappa shape index (κ2) is 10.6. The Bertz CT molecular complexity index is 901. The van der Waals surface area contributed by atoms with Crippen LogP contribution in [-0.4, -0.2) is 51.9 Å². The Hall–Kier alpha value is -2.24. The second-order valence-corrected chi connectivity index (χ2v) is 9.42. The smallest absolute Gasteiger partial charge is 0.161 e. The number of nitrogens with one attached hydrogen (secondary N) is 1. The Kier molecular flexibility index (Phi) is 8.07. The molecular formula is C27H40N2O3. The van der Waals surface area contributed by atoms with Crippen LogP contribution in [-0.2, 0) is 11.8 Å². The van der Waals surface area contributed by atoms with Gasteiger partial charge in [-0.1, -0.05) is 40.7 Å². The minimum Gasteiger partial charge on any atom is -0.496 e. The molecule has 0 aliphatic carbocycles. The van der Waals surface area contributed by atoms with Gasteiger partial charge in [0.1, 0.15) is 12.4 Å². The van der Waals surface area contributed by atoms with E-state index in [2.05, 4.69) is 75.2 Å². The number of ether oxygens (including phenoxy) is 3. The third-order valence-electron chi connectivity index (χ3n) is 6.45. The molecule has 5 nitrogen and oxygen atoms in total. The van der Waals surface area contributed by atoms with Crippen LogP contribution in [0.4, 0.5) is 0 Å². The molecule has 1 atom stereocenters. The molecule has 176 valence electrons. The fourth-order valence-corrected chi connectivity index (χ4v) is 4.36. The predicted octanol–water partition coefficient (Wildman–Crippen LogP) is 4.96. The van der Waals surface area contributed by atoms with Crippen molar-refractivity contribution >= 4 is 0 Å². The SMILES string of the molecule is CCN(CC)CCOc1cc2c(cc1OC)CCNC2c1cc(C(C)(C)C)ccc1OC. The molecule has 3 rings (SSSR count). The average Bonchev–Trinajstić information content (AvgIpc) is 2.79. The van der Waals surface area contributed by atoms with E-state index in [0.29, 0.717) is 6.61 Å². The molecule has 0 saturated heterocycles. The highest BCUT2D eigenvalue weighted by Crippen LogP contribution is 2.41. The van der Waals surface area contributed by atoms with E-state index in [-0.39, 0.29) is 11.5 Å². The quantitative estimate of drug-likeness (QED) is 0.597. The van der Waals surface area contributed by atoms with Crippen LogP contribution in [0, 0.1) is 0 Å². The minimum atomic E-state index is 0.0482. The Morgan fingerprint density at radius 1 is 0.938 bits per heavy atom. The van der Waals surface area contributed by atoms with Crippen molar-refractivity contribution in [3.63, 3.8) is 0 Å². The van der Waals surface area contributed by atoms with Crippen molar-refractivity contribution in [3.8, 4) is 17.2 Å². The van der Waals surface area contributed by atoms with Crippen molar-refractivity contribution in [1.29, 1.82) is 0 Å². The highest BCUT2D eigenvalue weighted by molar-refractivity contribution is 5.54. The van der Waals surface area contributed by atoms with E-state index in [1.54, 1.807) is 14.2 Å². The normalized spacial score (nSPS) is 16.1. The van der Waals surface area contributed by atoms with E-state index in [1.807, 2.05) is 0 Å². The lowest BCUT2D eigenvalue weighted by Gasteiger charge is -2.31. The Morgan fingerprint density at radius 2 is 1.66 bits per heavy atom. The van der Waals surface area contributed by atoms with Crippen LogP contribution in [0.15, 0.2) is 30.3 Å². The second-order valence-electron chi connectivity index (χ2n) is 9.42. The molecule has 0 fully saturated rings. The first-order valence-electron chi connectivity index (χ1n) is 11.8. The Morgan fingerprint density at radius 3 is 2.28 bits per heavy atom. The van der Waals surface area contributed by atoms with Crippen molar-refractivity contribution in [2.45, 2.75) is 52.5 Å². The van der Waals surface area contributed by atoms with E-state index < -0.39 is 0 Å². The maximum Gasteiger partial charge on any atom is 0.161 e. The fraction of sp³-hybridized carbons (Fsp3) is 0.556. The largest absolute Gasteiger partial charge is 0.496 e. The van der Waals surface area contributed by atoms with Crippen LogP contribution in [0.5, 0.6) is 17.2 Å². The van der Waals surface area contributed by atoms with Crippen LogP contribution in [0.1, 0.15) is 62.9 Å². The van der Waals surface area contributed by atoms with Gasteiger partial charge in [0.2, 0.25) is 0 Å². The van der Waals surface area contributed by atoms with Crippen molar-refractivity contribution in [1.82, 2.24) is 10.2 Å². The highest BCUT2D eigenvalue weighted by Gasteiger charge is 2.28. The maximum atomic E-state index is 6.22. The van der Waals surface area contributed by atoms with Crippen LogP contribution in [0.2, 0.25) is 0 Å². The van der Waals surface area contributed by atoms with Gasteiger partial charge in [-0.2, -0.15) is 0 Å². The zero-order chi connectivity index (χ0) is 23.3. The van der Waals surface area contributed by atoms with Gasteiger partial charge >= 0.3 is 0 Å². The summed E-state index contributed by atoms with van der Waals surface area (Å²) in [7, 11) is 3.46. The standard InChI is InChI=1S/C27H40N2O3/c1-8-29(9-2)14-15-32-25-18-21-19(16-24(25)31-7)12-13-28-26(21)22-17-20(27(3,4)5)10-11-23(22)30-6/h10-11,16-18,26,28H,8-9,12-15H2,1-7H3. The van der Waals surface area contributed by atoms with Gasteiger partial charge in [0, 0.05) is 18.7 Å². The summed E-state index contributed by atoms with van der Waals surface area (Å²) in [5, 5.41) is 3.72. The van der Waals surface area contributed by atoms with Crippen molar-refractivity contribution < 1.29 is 14.2 Å². The summed E-state index contributed by atoms with van der Waals surface area (Å²) in [6.45, 7) is 15.6. The van der Waals surface area contributed by atoms with Gasteiger partial charge in [-0.3, -0.25) is 0 Å². The summed E-state index contributed by atoms with van der Waals surface area (Å²) in [6.07, 6.45) is 0.962. The van der Waals surface area contributed by atoms with E-state index in [0.717, 1.165) is 49.8 Å². The number of nitrogens with zero attached hydrogens (tertiary/aromatic N) is 1. The summed E-state index contributed by atoms with van der Waals surface area (Å²) in [5.41, 5.74) is 5.06. The first kappa shape index (κ1) is 24.4. The molecule has 0 amide bonds. The molecule has 32 heavy (non-hydrogen) atoms. The number of hydrogen-bond donors (Lipinski definition) is 1. The topological polar surface area (TPSA) is 43.0 Å². The van der Waals surface area contributed by atoms with Gasteiger partial charge in [0.15, 0.2) is 11.5 Å². The molecule has 1 aliphatic rings. The van der Waals surface area contributed by atoms with Gasteiger partial charge in [0.25, 0.3) is 0 Å². The van der Waals surface area contributed by atoms with Crippen LogP contribution < -0.4 is 19.5 Å². The van der Waals surface area contributed by atoms with Crippen molar-refractivity contribution in [3.05, 3.63) is 52.6 Å². The lowest BCUT2D eigenvalue weighted by Crippen LogP contribution is -2.31. The molecule has 2 aromatic carbocycles. The van der Waals surface area contributed by atoms with E-state index in [9.17, 15) is 0 Å².